The molecule has 2 aromatic heterocycles. The van der Waals surface area contributed by atoms with Gasteiger partial charge >= 0.3 is 0 Å². The van der Waals surface area contributed by atoms with Crippen LogP contribution in [0.2, 0.25) is 0 Å². The third kappa shape index (κ3) is 2.81. The predicted molar refractivity (Wildman–Crippen MR) is 97.3 cm³/mol. The molecule has 0 bridgehead atoms. The first-order chi connectivity index (χ1) is 11.7. The highest BCUT2D eigenvalue weighted by atomic mass is 32.2. The molecule has 0 unspecified atom stereocenters. The molecular formula is C20H16N2OS. The standard InChI is InChI=1S/C20H16N2OS/c1-13-8-9-18(14(2)10-13)24-20-16-11-17(15-6-4-3-5-7-15)23-19(16)21-12-22-20/h3-12H,1-2H3. The minimum atomic E-state index is 0.621. The lowest BCUT2D eigenvalue weighted by molar-refractivity contribution is 0.616. The molecule has 0 saturated carbocycles. The first-order valence-electron chi connectivity index (χ1n) is 7.76. The number of rotatable bonds is 3. The summed E-state index contributed by atoms with van der Waals surface area (Å²) in [4.78, 5) is 9.94. The molecule has 2 aromatic carbocycles. The zero-order valence-corrected chi connectivity index (χ0v) is 14.3. The van der Waals surface area contributed by atoms with E-state index in [0.29, 0.717) is 5.71 Å². The number of benzene rings is 2. The third-order valence-corrected chi connectivity index (χ3v) is 5.08. The normalized spacial score (nSPS) is 11.1. The summed E-state index contributed by atoms with van der Waals surface area (Å²) in [5, 5.41) is 1.86. The van der Waals surface area contributed by atoms with Crippen molar-refractivity contribution in [1.29, 1.82) is 0 Å². The molecule has 4 rings (SSSR count). The molecule has 3 nitrogen and oxygen atoms in total. The van der Waals surface area contributed by atoms with E-state index in [0.717, 1.165) is 21.7 Å². The SMILES string of the molecule is Cc1ccc(Sc2ncnc3oc(-c4ccccc4)cc23)c(C)c1. The fourth-order valence-corrected chi connectivity index (χ4v) is 3.60. The lowest BCUT2D eigenvalue weighted by atomic mass is 10.2. The van der Waals surface area contributed by atoms with Crippen LogP contribution in [0.4, 0.5) is 0 Å². The molecule has 2 heterocycles. The summed E-state index contributed by atoms with van der Waals surface area (Å²) < 4.78 is 5.92. The average Bonchev–Trinajstić information content (AvgIpc) is 3.03. The van der Waals surface area contributed by atoms with E-state index in [2.05, 4.69) is 42.0 Å². The highest BCUT2D eigenvalue weighted by molar-refractivity contribution is 7.99. The van der Waals surface area contributed by atoms with Crippen molar-refractivity contribution in [3.8, 4) is 11.3 Å². The van der Waals surface area contributed by atoms with Gasteiger partial charge in [-0.2, -0.15) is 0 Å². The summed E-state index contributed by atoms with van der Waals surface area (Å²) in [6.45, 7) is 4.23. The van der Waals surface area contributed by atoms with E-state index in [-0.39, 0.29) is 0 Å². The van der Waals surface area contributed by atoms with Gasteiger partial charge in [0.25, 0.3) is 0 Å². The van der Waals surface area contributed by atoms with Crippen LogP contribution >= 0.6 is 11.8 Å². The predicted octanol–water partition coefficient (Wildman–Crippen LogP) is 5.66. The smallest absolute Gasteiger partial charge is 0.230 e. The van der Waals surface area contributed by atoms with Gasteiger partial charge < -0.3 is 4.42 Å². The van der Waals surface area contributed by atoms with Crippen molar-refractivity contribution < 1.29 is 4.42 Å². The Balaban J connectivity index is 1.77. The van der Waals surface area contributed by atoms with Gasteiger partial charge in [-0.15, -0.1) is 0 Å². The number of hydrogen-bond donors (Lipinski definition) is 0. The molecule has 24 heavy (non-hydrogen) atoms. The number of furan rings is 1. The van der Waals surface area contributed by atoms with Crippen LogP contribution in [-0.2, 0) is 0 Å². The van der Waals surface area contributed by atoms with Gasteiger partial charge in [0.1, 0.15) is 17.1 Å². The first-order valence-corrected chi connectivity index (χ1v) is 8.57. The molecule has 0 aliphatic heterocycles. The van der Waals surface area contributed by atoms with Gasteiger partial charge in [0, 0.05) is 10.5 Å². The van der Waals surface area contributed by atoms with Crippen molar-refractivity contribution in [2.45, 2.75) is 23.8 Å². The molecule has 0 saturated heterocycles. The minimum Gasteiger partial charge on any atom is -0.438 e. The largest absolute Gasteiger partial charge is 0.438 e. The fourth-order valence-electron chi connectivity index (χ4n) is 2.68. The Bertz CT molecular complexity index is 1010. The van der Waals surface area contributed by atoms with Gasteiger partial charge in [-0.05, 0) is 31.5 Å². The third-order valence-electron chi connectivity index (χ3n) is 3.89. The van der Waals surface area contributed by atoms with Crippen molar-refractivity contribution in [3.05, 3.63) is 72.1 Å². The molecule has 0 aliphatic rings. The lowest BCUT2D eigenvalue weighted by Crippen LogP contribution is -1.86. The van der Waals surface area contributed by atoms with Crippen LogP contribution < -0.4 is 0 Å². The average molecular weight is 332 g/mol. The van der Waals surface area contributed by atoms with Gasteiger partial charge in [0.15, 0.2) is 0 Å². The van der Waals surface area contributed by atoms with Crippen molar-refractivity contribution in [1.82, 2.24) is 9.97 Å². The second kappa shape index (κ2) is 6.13. The first kappa shape index (κ1) is 15.0. The van der Waals surface area contributed by atoms with E-state index in [1.165, 1.54) is 16.0 Å². The molecule has 0 radical (unpaired) electrons. The number of aryl methyl sites for hydroxylation is 2. The second-order valence-electron chi connectivity index (χ2n) is 5.75. The Kier molecular flexibility index (Phi) is 3.82. The van der Waals surface area contributed by atoms with Crippen molar-refractivity contribution in [2.24, 2.45) is 0 Å². The van der Waals surface area contributed by atoms with Crippen LogP contribution in [0.15, 0.2) is 75.3 Å². The molecule has 4 aromatic rings. The van der Waals surface area contributed by atoms with Gasteiger partial charge in [-0.1, -0.05) is 59.8 Å². The maximum Gasteiger partial charge on any atom is 0.230 e. The highest BCUT2D eigenvalue weighted by Crippen LogP contribution is 2.36. The molecule has 0 N–H and O–H groups in total. The van der Waals surface area contributed by atoms with Crippen LogP contribution in [-0.4, -0.2) is 9.97 Å². The lowest BCUT2D eigenvalue weighted by Gasteiger charge is -2.06. The number of aromatic nitrogens is 2. The summed E-state index contributed by atoms with van der Waals surface area (Å²) in [7, 11) is 0. The number of fused-ring (bicyclic) bond motifs is 1. The van der Waals surface area contributed by atoms with E-state index in [1.54, 1.807) is 18.1 Å². The molecule has 0 atom stereocenters. The van der Waals surface area contributed by atoms with Crippen molar-refractivity contribution >= 4 is 22.9 Å². The Hall–Kier alpha value is -2.59. The summed E-state index contributed by atoms with van der Waals surface area (Å²) in [5.74, 6) is 0.813. The van der Waals surface area contributed by atoms with Crippen molar-refractivity contribution in [3.63, 3.8) is 0 Å². The summed E-state index contributed by atoms with van der Waals surface area (Å²) >= 11 is 1.65. The molecule has 0 aliphatic carbocycles. The Morgan fingerprint density at radius 2 is 1.75 bits per heavy atom. The van der Waals surface area contributed by atoms with E-state index in [4.69, 9.17) is 4.42 Å². The molecule has 0 fully saturated rings. The Morgan fingerprint density at radius 1 is 0.917 bits per heavy atom. The maximum absolute atomic E-state index is 5.92. The summed E-state index contributed by atoms with van der Waals surface area (Å²) in [5.41, 5.74) is 4.17. The van der Waals surface area contributed by atoms with E-state index >= 15 is 0 Å². The Morgan fingerprint density at radius 3 is 2.54 bits per heavy atom. The maximum atomic E-state index is 5.92. The minimum absolute atomic E-state index is 0.621. The van der Waals surface area contributed by atoms with E-state index in [1.807, 2.05) is 36.4 Å². The van der Waals surface area contributed by atoms with E-state index < -0.39 is 0 Å². The number of nitrogens with zero attached hydrogens (tertiary/aromatic N) is 2. The van der Waals surface area contributed by atoms with Crippen LogP contribution in [0.5, 0.6) is 0 Å². The van der Waals surface area contributed by atoms with Gasteiger partial charge in [-0.25, -0.2) is 9.97 Å². The van der Waals surface area contributed by atoms with Gasteiger partial charge in [0.2, 0.25) is 5.71 Å². The molecule has 0 spiro atoms. The molecule has 0 amide bonds. The topological polar surface area (TPSA) is 38.9 Å². The van der Waals surface area contributed by atoms with E-state index in [9.17, 15) is 0 Å². The van der Waals surface area contributed by atoms with Crippen LogP contribution in [0.25, 0.3) is 22.4 Å². The monoisotopic (exact) mass is 332 g/mol. The zero-order valence-electron chi connectivity index (χ0n) is 13.5. The summed E-state index contributed by atoms with van der Waals surface area (Å²) in [6, 6.07) is 18.5. The fraction of sp³-hybridized carbons (Fsp3) is 0.100. The molecule has 118 valence electrons. The highest BCUT2D eigenvalue weighted by Gasteiger charge is 2.13. The Labute approximate surface area is 144 Å². The van der Waals surface area contributed by atoms with Crippen molar-refractivity contribution in [2.75, 3.05) is 0 Å². The zero-order chi connectivity index (χ0) is 16.5. The van der Waals surface area contributed by atoms with Gasteiger partial charge in [-0.3, -0.25) is 0 Å². The second-order valence-corrected chi connectivity index (χ2v) is 6.78. The van der Waals surface area contributed by atoms with Crippen LogP contribution in [0, 0.1) is 13.8 Å². The van der Waals surface area contributed by atoms with Crippen LogP contribution in [0.3, 0.4) is 0 Å². The molecule has 4 heteroatoms. The quantitative estimate of drug-likeness (QED) is 0.454. The number of hydrogen-bond acceptors (Lipinski definition) is 4. The van der Waals surface area contributed by atoms with Gasteiger partial charge in [0.05, 0.1) is 5.39 Å². The summed E-state index contributed by atoms with van der Waals surface area (Å²) in [6.07, 6.45) is 1.56. The van der Waals surface area contributed by atoms with Crippen LogP contribution in [0.1, 0.15) is 11.1 Å². The molecular weight excluding hydrogens is 316 g/mol.